The molecule has 1 amide bonds. The molecule has 10 heteroatoms. The molecule has 4 aliphatic heterocycles. The molecule has 4 heterocycles. The van der Waals surface area contributed by atoms with Gasteiger partial charge in [-0.15, -0.1) is 0 Å². The molecule has 7 unspecified atom stereocenters. The summed E-state index contributed by atoms with van der Waals surface area (Å²) in [5.41, 5.74) is 8.20. The number of ether oxygens (including phenoxy) is 1. The Kier molecular flexibility index (Phi) is 8.48. The van der Waals surface area contributed by atoms with Crippen LogP contribution in [0.3, 0.4) is 0 Å². The summed E-state index contributed by atoms with van der Waals surface area (Å²) in [5.74, 6) is 0.321. The van der Waals surface area contributed by atoms with Crippen molar-refractivity contribution in [1.29, 1.82) is 0 Å². The van der Waals surface area contributed by atoms with Crippen molar-refractivity contribution in [3.63, 3.8) is 0 Å². The Bertz CT molecular complexity index is 1180. The average Bonchev–Trinajstić information content (AvgIpc) is 3.43. The first-order valence-corrected chi connectivity index (χ1v) is 15.8. The highest BCUT2D eigenvalue weighted by Gasteiger charge is 2.58. The maximum absolute atomic E-state index is 14.8. The van der Waals surface area contributed by atoms with Crippen LogP contribution in [0, 0.1) is 11.3 Å². The predicted molar refractivity (Wildman–Crippen MR) is 164 cm³/mol. The second-order valence-electron chi connectivity index (χ2n) is 13.2. The standard InChI is InChI=1S/C32H49N7O3/c1-5-27(40)39-16-15-38(19-24(39)18-33)30-25-12-13-32(17-22-9-6-7-11-26(22)37(4)21(32)2)29(41)28(25)34-31(35-30)42-20-23-10-8-14-36(23)3/h5-7,9,11,21,23-25,28,30-31,34-35H,1,8,10,12-20,33H2,2-4H3/t21?,23?,24?,25?,28?,30?,31?,32-/m0/s1. The third kappa shape index (κ3) is 5.10. The Morgan fingerprint density at radius 1 is 1.17 bits per heavy atom. The van der Waals surface area contributed by atoms with Crippen molar-refractivity contribution < 1.29 is 14.3 Å². The van der Waals surface area contributed by atoms with Crippen LogP contribution in [0.4, 0.5) is 5.69 Å². The van der Waals surface area contributed by atoms with E-state index >= 15 is 0 Å². The molecule has 0 aromatic heterocycles. The van der Waals surface area contributed by atoms with Crippen molar-refractivity contribution in [2.75, 3.05) is 58.3 Å². The number of benzene rings is 1. The molecule has 42 heavy (non-hydrogen) atoms. The number of carbonyl (C=O) groups is 2. The van der Waals surface area contributed by atoms with Gasteiger partial charge in [-0.3, -0.25) is 25.1 Å². The first kappa shape index (κ1) is 29.7. The van der Waals surface area contributed by atoms with Crippen molar-refractivity contribution in [2.45, 2.75) is 75.7 Å². The lowest BCUT2D eigenvalue weighted by Crippen LogP contribution is -2.76. The van der Waals surface area contributed by atoms with E-state index in [4.69, 9.17) is 10.5 Å². The van der Waals surface area contributed by atoms with Crippen LogP contribution in [0.25, 0.3) is 0 Å². The molecule has 1 aromatic carbocycles. The lowest BCUT2D eigenvalue weighted by Gasteiger charge is -2.57. The van der Waals surface area contributed by atoms with Gasteiger partial charge in [0.15, 0.2) is 12.1 Å². The Morgan fingerprint density at radius 3 is 2.71 bits per heavy atom. The van der Waals surface area contributed by atoms with Gasteiger partial charge in [-0.05, 0) is 70.3 Å². The number of nitrogens with zero attached hydrogens (tertiary/aromatic N) is 4. The third-order valence-corrected chi connectivity index (χ3v) is 11.2. The Morgan fingerprint density at radius 2 is 1.98 bits per heavy atom. The summed E-state index contributed by atoms with van der Waals surface area (Å²) in [6, 6.07) is 8.58. The number of rotatable bonds is 6. The molecule has 0 radical (unpaired) electrons. The molecule has 4 N–H and O–H groups in total. The number of ketones is 1. The lowest BCUT2D eigenvalue weighted by molar-refractivity contribution is -0.154. The first-order valence-electron chi connectivity index (χ1n) is 15.8. The van der Waals surface area contributed by atoms with E-state index in [1.165, 1.54) is 23.7 Å². The predicted octanol–water partition coefficient (Wildman–Crippen LogP) is 0.972. The molecule has 4 fully saturated rings. The fourth-order valence-electron chi connectivity index (χ4n) is 8.52. The van der Waals surface area contributed by atoms with Crippen molar-refractivity contribution >= 4 is 17.4 Å². The zero-order valence-electron chi connectivity index (χ0n) is 25.5. The molecule has 1 saturated carbocycles. The van der Waals surface area contributed by atoms with Crippen LogP contribution >= 0.6 is 0 Å². The van der Waals surface area contributed by atoms with Crippen molar-refractivity contribution in [3.05, 3.63) is 42.5 Å². The maximum atomic E-state index is 14.8. The highest BCUT2D eigenvalue weighted by molar-refractivity contribution is 5.93. The van der Waals surface area contributed by atoms with Crippen LogP contribution in [-0.2, 0) is 20.7 Å². The minimum absolute atomic E-state index is 0.0530. The van der Waals surface area contributed by atoms with Crippen LogP contribution in [-0.4, -0.2) is 117 Å². The number of nitrogens with two attached hydrogens (primary N) is 1. The van der Waals surface area contributed by atoms with E-state index in [-0.39, 0.29) is 36.1 Å². The Hall–Kier alpha value is -2.34. The van der Waals surface area contributed by atoms with Gasteiger partial charge in [-0.25, -0.2) is 0 Å². The first-order chi connectivity index (χ1) is 20.3. The quantitative estimate of drug-likeness (QED) is 0.425. The summed E-state index contributed by atoms with van der Waals surface area (Å²) >= 11 is 0. The normalized spacial score (nSPS) is 37.5. The minimum atomic E-state index is -0.454. The maximum Gasteiger partial charge on any atom is 0.246 e. The molecule has 230 valence electrons. The summed E-state index contributed by atoms with van der Waals surface area (Å²) in [6.45, 7) is 9.95. The van der Waals surface area contributed by atoms with Gasteiger partial charge >= 0.3 is 0 Å². The van der Waals surface area contributed by atoms with Crippen LogP contribution in [0.1, 0.15) is 38.2 Å². The van der Waals surface area contributed by atoms with Gasteiger partial charge in [0.05, 0.1) is 30.3 Å². The largest absolute Gasteiger partial charge is 0.371 e. The molecular formula is C32H49N7O3. The topological polar surface area (TPSA) is 106 Å². The van der Waals surface area contributed by atoms with Gasteiger partial charge in [0.2, 0.25) is 5.91 Å². The van der Waals surface area contributed by atoms with Gasteiger partial charge in [0.1, 0.15) is 0 Å². The van der Waals surface area contributed by atoms with Gasteiger partial charge in [0, 0.05) is 56.9 Å². The van der Waals surface area contributed by atoms with E-state index in [1.54, 1.807) is 0 Å². The molecule has 8 atom stereocenters. The molecule has 1 spiro atoms. The number of carbonyl (C=O) groups excluding carboxylic acids is 2. The highest BCUT2D eigenvalue weighted by Crippen LogP contribution is 2.49. The van der Waals surface area contributed by atoms with Gasteiger partial charge < -0.3 is 25.2 Å². The Labute approximate surface area is 250 Å². The van der Waals surface area contributed by atoms with Crippen LogP contribution < -0.4 is 21.3 Å². The van der Waals surface area contributed by atoms with Crippen LogP contribution in [0.2, 0.25) is 0 Å². The van der Waals surface area contributed by atoms with E-state index in [1.807, 2.05) is 4.90 Å². The smallest absolute Gasteiger partial charge is 0.246 e. The molecule has 1 aromatic rings. The number of Topliss-reactive ketones (excluding diaryl/α,β-unsaturated/α-hetero) is 1. The number of nitrogens with one attached hydrogen (secondary N) is 2. The summed E-state index contributed by atoms with van der Waals surface area (Å²) in [6.07, 6.45) is 5.75. The molecular weight excluding hydrogens is 530 g/mol. The van der Waals surface area contributed by atoms with Gasteiger partial charge in [-0.1, -0.05) is 24.8 Å². The summed E-state index contributed by atoms with van der Waals surface area (Å²) < 4.78 is 6.51. The molecule has 5 aliphatic rings. The van der Waals surface area contributed by atoms with Gasteiger partial charge in [-0.2, -0.15) is 0 Å². The second-order valence-corrected chi connectivity index (χ2v) is 13.2. The molecule has 3 saturated heterocycles. The van der Waals surface area contributed by atoms with E-state index in [9.17, 15) is 9.59 Å². The Balaban J connectivity index is 1.27. The van der Waals surface area contributed by atoms with Crippen LogP contribution in [0.15, 0.2) is 36.9 Å². The molecule has 6 rings (SSSR count). The number of amides is 1. The molecule has 1 aliphatic carbocycles. The van der Waals surface area contributed by atoms with E-state index in [2.05, 4.69) is 77.2 Å². The van der Waals surface area contributed by atoms with Crippen molar-refractivity contribution in [3.8, 4) is 0 Å². The summed E-state index contributed by atoms with van der Waals surface area (Å²) in [7, 11) is 4.29. The number of fused-ring (bicyclic) bond motifs is 2. The SMILES string of the molecule is C=CC(=O)N1CCN(C2NC(OCC3CCCN3C)NC3C(=O)[C@@]4(CCC32)Cc2ccccc2N(C)C4C)CC1CN. The number of piperazine rings is 1. The van der Waals surface area contributed by atoms with E-state index in [0.717, 1.165) is 32.2 Å². The summed E-state index contributed by atoms with van der Waals surface area (Å²) in [5, 5.41) is 7.41. The van der Waals surface area contributed by atoms with Crippen molar-refractivity contribution in [1.82, 2.24) is 25.3 Å². The van der Waals surface area contributed by atoms with Crippen LogP contribution in [0.5, 0.6) is 0 Å². The van der Waals surface area contributed by atoms with Crippen molar-refractivity contribution in [2.24, 2.45) is 17.1 Å². The number of hydrogen-bond acceptors (Lipinski definition) is 9. The third-order valence-electron chi connectivity index (χ3n) is 11.2. The fraction of sp³-hybridized carbons (Fsp3) is 0.688. The number of likely N-dealkylation sites (tertiary alicyclic amines) is 1. The number of para-hydroxylation sites is 1. The monoisotopic (exact) mass is 579 g/mol. The average molecular weight is 580 g/mol. The van der Waals surface area contributed by atoms with E-state index < -0.39 is 11.8 Å². The second kappa shape index (κ2) is 12.0. The zero-order chi connectivity index (χ0) is 29.6. The number of likely N-dealkylation sites (N-methyl/N-ethyl adjacent to an activating group) is 1. The zero-order valence-corrected chi connectivity index (χ0v) is 25.5. The van der Waals surface area contributed by atoms with Gasteiger partial charge in [0.25, 0.3) is 0 Å². The van der Waals surface area contributed by atoms with E-state index in [0.29, 0.717) is 44.6 Å². The number of anilines is 1. The number of hydrogen-bond donors (Lipinski definition) is 3. The lowest BCUT2D eigenvalue weighted by atomic mass is 9.58. The highest BCUT2D eigenvalue weighted by atomic mass is 16.5. The fourth-order valence-corrected chi connectivity index (χ4v) is 8.52. The molecule has 10 nitrogen and oxygen atoms in total. The minimum Gasteiger partial charge on any atom is -0.371 e. The molecule has 0 bridgehead atoms. The summed E-state index contributed by atoms with van der Waals surface area (Å²) in [4.78, 5) is 36.2.